The molecule has 0 aliphatic carbocycles. The lowest BCUT2D eigenvalue weighted by Gasteiger charge is -2.31. The first-order chi connectivity index (χ1) is 7.63. The molecule has 1 aliphatic heterocycles. The van der Waals surface area contributed by atoms with Crippen LogP contribution >= 0.6 is 0 Å². The Morgan fingerprint density at radius 3 is 2.50 bits per heavy atom. The predicted molar refractivity (Wildman–Crippen MR) is 61.0 cm³/mol. The van der Waals surface area contributed by atoms with Gasteiger partial charge in [-0.15, -0.1) is 0 Å². The number of likely N-dealkylation sites (tertiary alicyclic amines) is 1. The average molecular weight is 225 g/mol. The molecule has 1 saturated heterocycles. The van der Waals surface area contributed by atoms with Gasteiger partial charge >= 0.3 is 5.97 Å². The molecule has 0 atom stereocenters. The van der Waals surface area contributed by atoms with E-state index in [1.54, 1.807) is 4.90 Å². The Balaban J connectivity index is 2.19. The van der Waals surface area contributed by atoms with Gasteiger partial charge in [0.25, 0.3) is 0 Å². The summed E-state index contributed by atoms with van der Waals surface area (Å²) in [7, 11) is 0. The number of amides is 1. The third-order valence-electron chi connectivity index (χ3n) is 3.10. The summed E-state index contributed by atoms with van der Waals surface area (Å²) in [6.07, 6.45) is 5.28. The van der Waals surface area contributed by atoms with Crippen LogP contribution in [0.25, 0.3) is 0 Å². The topological polar surface area (TPSA) is 57.6 Å². The number of carboxylic acid groups (broad SMARTS) is 1. The highest BCUT2D eigenvalue weighted by molar-refractivity contribution is 5.87. The summed E-state index contributed by atoms with van der Waals surface area (Å²) in [6.45, 7) is 5.03. The Morgan fingerprint density at radius 2 is 2.00 bits per heavy atom. The van der Waals surface area contributed by atoms with Gasteiger partial charge in [0.2, 0.25) is 5.91 Å². The number of piperidine rings is 1. The van der Waals surface area contributed by atoms with Crippen molar-refractivity contribution in [2.24, 2.45) is 5.92 Å². The summed E-state index contributed by atoms with van der Waals surface area (Å²) in [5.74, 6) is -0.142. The van der Waals surface area contributed by atoms with Crippen LogP contribution in [-0.2, 0) is 9.59 Å². The number of aliphatic carboxylic acids is 1. The molecule has 0 unspecified atom stereocenters. The van der Waals surface area contributed by atoms with Crippen LogP contribution in [0.2, 0.25) is 0 Å². The second-order valence-corrected chi connectivity index (χ2v) is 4.26. The number of carboxylic acids is 1. The Morgan fingerprint density at radius 1 is 1.38 bits per heavy atom. The molecule has 4 nitrogen and oxygen atoms in total. The standard InChI is InChI=1S/C12H19NO3/c1-2-11(14)13-8-6-10(7-9-13)4-3-5-12(15)16/h2,10H,1,3-9H2,(H,15,16). The molecule has 0 spiro atoms. The molecule has 0 aromatic rings. The zero-order valence-electron chi connectivity index (χ0n) is 9.52. The molecule has 1 aliphatic rings. The van der Waals surface area contributed by atoms with E-state index in [4.69, 9.17) is 5.11 Å². The van der Waals surface area contributed by atoms with E-state index in [0.29, 0.717) is 5.92 Å². The zero-order valence-corrected chi connectivity index (χ0v) is 9.52. The third kappa shape index (κ3) is 4.04. The molecule has 1 rings (SSSR count). The van der Waals surface area contributed by atoms with Crippen molar-refractivity contribution in [3.8, 4) is 0 Å². The van der Waals surface area contributed by atoms with E-state index in [9.17, 15) is 9.59 Å². The van der Waals surface area contributed by atoms with Crippen LogP contribution in [0.1, 0.15) is 32.1 Å². The smallest absolute Gasteiger partial charge is 0.303 e. The fraction of sp³-hybridized carbons (Fsp3) is 0.667. The summed E-state index contributed by atoms with van der Waals surface area (Å²) in [4.78, 5) is 23.5. The molecule has 16 heavy (non-hydrogen) atoms. The van der Waals surface area contributed by atoms with Crippen molar-refractivity contribution in [1.29, 1.82) is 0 Å². The first-order valence-electron chi connectivity index (χ1n) is 5.76. The molecule has 0 aromatic carbocycles. The van der Waals surface area contributed by atoms with Crippen molar-refractivity contribution in [3.05, 3.63) is 12.7 Å². The summed E-state index contributed by atoms with van der Waals surface area (Å²) in [5, 5.41) is 8.53. The van der Waals surface area contributed by atoms with Gasteiger partial charge in [-0.05, 0) is 37.7 Å². The van der Waals surface area contributed by atoms with Gasteiger partial charge in [-0.2, -0.15) is 0 Å². The van der Waals surface area contributed by atoms with Gasteiger partial charge < -0.3 is 10.0 Å². The molecule has 0 bridgehead atoms. The maximum atomic E-state index is 11.3. The van der Waals surface area contributed by atoms with E-state index in [1.165, 1.54) is 6.08 Å². The van der Waals surface area contributed by atoms with Gasteiger partial charge in [0.05, 0.1) is 0 Å². The van der Waals surface area contributed by atoms with Crippen LogP contribution in [0.15, 0.2) is 12.7 Å². The number of hydrogen-bond donors (Lipinski definition) is 1. The maximum Gasteiger partial charge on any atom is 0.303 e. The van der Waals surface area contributed by atoms with Crippen LogP contribution < -0.4 is 0 Å². The first kappa shape index (κ1) is 12.7. The normalized spacial score (nSPS) is 17.1. The predicted octanol–water partition coefficient (Wildman–Crippen LogP) is 1.67. The van der Waals surface area contributed by atoms with Crippen molar-refractivity contribution < 1.29 is 14.7 Å². The molecule has 1 amide bonds. The second-order valence-electron chi connectivity index (χ2n) is 4.26. The Labute approximate surface area is 95.9 Å². The lowest BCUT2D eigenvalue weighted by molar-refractivity contribution is -0.137. The zero-order chi connectivity index (χ0) is 12.0. The van der Waals surface area contributed by atoms with E-state index >= 15 is 0 Å². The van der Waals surface area contributed by atoms with Crippen LogP contribution in [0.4, 0.5) is 0 Å². The van der Waals surface area contributed by atoms with Gasteiger partial charge in [0, 0.05) is 19.5 Å². The van der Waals surface area contributed by atoms with E-state index in [0.717, 1.165) is 38.8 Å². The Bertz CT molecular complexity index is 267. The van der Waals surface area contributed by atoms with Crippen LogP contribution in [0.3, 0.4) is 0 Å². The van der Waals surface area contributed by atoms with Gasteiger partial charge in [-0.1, -0.05) is 6.58 Å². The van der Waals surface area contributed by atoms with Gasteiger partial charge in [-0.3, -0.25) is 9.59 Å². The summed E-state index contributed by atoms with van der Waals surface area (Å²) in [5.41, 5.74) is 0. The minimum Gasteiger partial charge on any atom is -0.481 e. The average Bonchev–Trinajstić information content (AvgIpc) is 2.28. The van der Waals surface area contributed by atoms with Crippen molar-refractivity contribution in [1.82, 2.24) is 4.90 Å². The minimum atomic E-state index is -0.723. The largest absolute Gasteiger partial charge is 0.481 e. The number of rotatable bonds is 5. The number of hydrogen-bond acceptors (Lipinski definition) is 2. The summed E-state index contributed by atoms with van der Waals surface area (Å²) in [6, 6.07) is 0. The van der Waals surface area contributed by atoms with Crippen LogP contribution in [0.5, 0.6) is 0 Å². The maximum absolute atomic E-state index is 11.3. The minimum absolute atomic E-state index is 0.00369. The monoisotopic (exact) mass is 225 g/mol. The lowest BCUT2D eigenvalue weighted by atomic mass is 9.91. The van der Waals surface area contributed by atoms with Crippen molar-refractivity contribution in [2.45, 2.75) is 32.1 Å². The quantitative estimate of drug-likeness (QED) is 0.724. The fourth-order valence-corrected chi connectivity index (χ4v) is 2.11. The number of carbonyl (C=O) groups is 2. The molecule has 1 heterocycles. The highest BCUT2D eigenvalue weighted by atomic mass is 16.4. The Kier molecular flexibility index (Phi) is 5.02. The highest BCUT2D eigenvalue weighted by Crippen LogP contribution is 2.22. The van der Waals surface area contributed by atoms with Crippen molar-refractivity contribution in [2.75, 3.05) is 13.1 Å². The fourth-order valence-electron chi connectivity index (χ4n) is 2.11. The Hall–Kier alpha value is -1.32. The lowest BCUT2D eigenvalue weighted by Crippen LogP contribution is -2.37. The third-order valence-corrected chi connectivity index (χ3v) is 3.10. The molecule has 90 valence electrons. The van der Waals surface area contributed by atoms with Crippen LogP contribution in [-0.4, -0.2) is 35.0 Å². The number of nitrogens with zero attached hydrogens (tertiary/aromatic N) is 1. The molecule has 1 fully saturated rings. The van der Waals surface area contributed by atoms with Gasteiger partial charge in [0.15, 0.2) is 0 Å². The molecule has 0 aromatic heterocycles. The van der Waals surface area contributed by atoms with E-state index in [1.807, 2.05) is 0 Å². The molecule has 4 heteroatoms. The summed E-state index contributed by atoms with van der Waals surface area (Å²) < 4.78 is 0. The van der Waals surface area contributed by atoms with Gasteiger partial charge in [0.1, 0.15) is 0 Å². The van der Waals surface area contributed by atoms with E-state index in [2.05, 4.69) is 6.58 Å². The van der Waals surface area contributed by atoms with Crippen LogP contribution in [0, 0.1) is 5.92 Å². The molecule has 1 N–H and O–H groups in total. The molecule has 0 radical (unpaired) electrons. The molecule has 0 saturated carbocycles. The summed E-state index contributed by atoms with van der Waals surface area (Å²) >= 11 is 0. The van der Waals surface area contributed by atoms with Gasteiger partial charge in [-0.25, -0.2) is 0 Å². The van der Waals surface area contributed by atoms with E-state index in [-0.39, 0.29) is 12.3 Å². The SMILES string of the molecule is C=CC(=O)N1CCC(CCCC(=O)O)CC1. The van der Waals surface area contributed by atoms with Crippen molar-refractivity contribution in [3.63, 3.8) is 0 Å². The highest BCUT2D eigenvalue weighted by Gasteiger charge is 2.20. The first-order valence-corrected chi connectivity index (χ1v) is 5.76. The number of carbonyl (C=O) groups excluding carboxylic acids is 1. The van der Waals surface area contributed by atoms with E-state index < -0.39 is 5.97 Å². The second kappa shape index (κ2) is 6.30. The molecular weight excluding hydrogens is 206 g/mol. The molecular formula is C12H19NO3. The van der Waals surface area contributed by atoms with Crippen molar-refractivity contribution >= 4 is 11.9 Å².